The smallest absolute Gasteiger partial charge is 0.251 e. The van der Waals surface area contributed by atoms with Crippen molar-refractivity contribution in [2.24, 2.45) is 0 Å². The quantitative estimate of drug-likeness (QED) is 0.720. The van der Waals surface area contributed by atoms with E-state index in [-0.39, 0.29) is 11.7 Å². The maximum Gasteiger partial charge on any atom is 0.251 e. The molecule has 27 heavy (non-hydrogen) atoms. The highest BCUT2D eigenvalue weighted by Crippen LogP contribution is 2.26. The van der Waals surface area contributed by atoms with E-state index in [1.165, 1.54) is 12.1 Å². The number of hydrogen-bond acceptors (Lipinski definition) is 4. The van der Waals surface area contributed by atoms with Crippen LogP contribution in [0.1, 0.15) is 27.2 Å². The molecule has 2 aromatic carbocycles. The van der Waals surface area contributed by atoms with Gasteiger partial charge in [-0.2, -0.15) is 0 Å². The first-order valence-corrected chi connectivity index (χ1v) is 8.68. The Morgan fingerprint density at radius 3 is 2.41 bits per heavy atom. The van der Waals surface area contributed by atoms with Crippen molar-refractivity contribution < 1.29 is 13.7 Å². The van der Waals surface area contributed by atoms with Crippen LogP contribution in [0.4, 0.5) is 4.39 Å². The number of carbonyl (C=O) groups is 1. The first kappa shape index (κ1) is 18.8. The van der Waals surface area contributed by atoms with E-state index in [1.807, 2.05) is 38.2 Å². The summed E-state index contributed by atoms with van der Waals surface area (Å²) in [5.74, 6) is 0.285. The standard InChI is InChI=1S/C21H22FN3O2/c1-14-19(24-27-20(14)16-8-10-18(22)11-9-16)13-25(3)12-15-4-6-17(7-5-15)21(26)23-2/h4-11H,12-13H2,1-3H3,(H,23,26). The Morgan fingerprint density at radius 1 is 1.11 bits per heavy atom. The van der Waals surface area contributed by atoms with Crippen LogP contribution in [0.3, 0.4) is 0 Å². The molecule has 0 atom stereocenters. The molecule has 3 rings (SSSR count). The van der Waals surface area contributed by atoms with Crippen molar-refractivity contribution in [3.05, 3.63) is 76.7 Å². The second-order valence-corrected chi connectivity index (χ2v) is 6.54. The number of rotatable bonds is 6. The van der Waals surface area contributed by atoms with Crippen LogP contribution in [0.2, 0.25) is 0 Å². The highest BCUT2D eigenvalue weighted by Gasteiger charge is 2.15. The Labute approximate surface area is 157 Å². The summed E-state index contributed by atoms with van der Waals surface area (Å²) in [7, 11) is 3.61. The van der Waals surface area contributed by atoms with Gasteiger partial charge in [-0.15, -0.1) is 0 Å². The van der Waals surface area contributed by atoms with Crippen LogP contribution >= 0.6 is 0 Å². The normalized spacial score (nSPS) is 11.0. The van der Waals surface area contributed by atoms with Gasteiger partial charge in [0.2, 0.25) is 0 Å². The molecule has 0 spiro atoms. The minimum atomic E-state index is -0.279. The molecule has 3 aromatic rings. The van der Waals surface area contributed by atoms with Gasteiger partial charge < -0.3 is 9.84 Å². The molecule has 1 heterocycles. The lowest BCUT2D eigenvalue weighted by atomic mass is 10.1. The highest BCUT2D eigenvalue weighted by molar-refractivity contribution is 5.93. The van der Waals surface area contributed by atoms with Crippen molar-refractivity contribution in [2.75, 3.05) is 14.1 Å². The van der Waals surface area contributed by atoms with Gasteiger partial charge in [-0.25, -0.2) is 4.39 Å². The third-order valence-corrected chi connectivity index (χ3v) is 4.44. The van der Waals surface area contributed by atoms with Crippen LogP contribution in [0.25, 0.3) is 11.3 Å². The van der Waals surface area contributed by atoms with Crippen molar-refractivity contribution in [3.8, 4) is 11.3 Å². The van der Waals surface area contributed by atoms with Crippen LogP contribution in [0.5, 0.6) is 0 Å². The molecule has 1 N–H and O–H groups in total. The molecule has 0 saturated heterocycles. The number of hydrogen-bond donors (Lipinski definition) is 1. The summed E-state index contributed by atoms with van der Waals surface area (Å²) in [6.45, 7) is 3.29. The van der Waals surface area contributed by atoms with Crippen molar-refractivity contribution in [2.45, 2.75) is 20.0 Å². The summed E-state index contributed by atoms with van der Waals surface area (Å²) in [4.78, 5) is 13.7. The lowest BCUT2D eigenvalue weighted by Gasteiger charge is -2.15. The van der Waals surface area contributed by atoms with Crippen molar-refractivity contribution in [3.63, 3.8) is 0 Å². The molecular weight excluding hydrogens is 345 g/mol. The molecule has 0 saturated carbocycles. The summed E-state index contributed by atoms with van der Waals surface area (Å²) < 4.78 is 18.6. The van der Waals surface area contributed by atoms with E-state index in [9.17, 15) is 9.18 Å². The lowest BCUT2D eigenvalue weighted by molar-refractivity contribution is 0.0963. The maximum atomic E-state index is 13.1. The zero-order valence-electron chi connectivity index (χ0n) is 15.6. The van der Waals surface area contributed by atoms with Gasteiger partial charge in [-0.3, -0.25) is 9.69 Å². The minimum Gasteiger partial charge on any atom is -0.356 e. The van der Waals surface area contributed by atoms with E-state index in [0.29, 0.717) is 24.4 Å². The molecule has 0 radical (unpaired) electrons. The van der Waals surface area contributed by atoms with Gasteiger partial charge in [-0.05, 0) is 55.9 Å². The van der Waals surface area contributed by atoms with E-state index >= 15 is 0 Å². The summed E-state index contributed by atoms with van der Waals surface area (Å²) in [6.07, 6.45) is 0. The highest BCUT2D eigenvalue weighted by atomic mass is 19.1. The van der Waals surface area contributed by atoms with Crippen LogP contribution in [-0.2, 0) is 13.1 Å². The first-order valence-electron chi connectivity index (χ1n) is 8.68. The minimum absolute atomic E-state index is 0.0959. The summed E-state index contributed by atoms with van der Waals surface area (Å²) >= 11 is 0. The summed E-state index contributed by atoms with van der Waals surface area (Å²) in [6, 6.07) is 13.7. The Balaban J connectivity index is 1.67. The van der Waals surface area contributed by atoms with Gasteiger partial charge >= 0.3 is 0 Å². The van der Waals surface area contributed by atoms with Crippen molar-refractivity contribution in [1.29, 1.82) is 0 Å². The first-order chi connectivity index (χ1) is 13.0. The number of carbonyl (C=O) groups excluding carboxylic acids is 1. The fourth-order valence-corrected chi connectivity index (χ4v) is 2.92. The maximum absolute atomic E-state index is 13.1. The Kier molecular flexibility index (Phi) is 5.66. The molecular formula is C21H22FN3O2. The van der Waals surface area contributed by atoms with E-state index in [0.717, 1.165) is 22.4 Å². The van der Waals surface area contributed by atoms with E-state index in [4.69, 9.17) is 4.52 Å². The molecule has 0 aliphatic rings. The predicted molar refractivity (Wildman–Crippen MR) is 102 cm³/mol. The molecule has 0 fully saturated rings. The Morgan fingerprint density at radius 2 is 1.78 bits per heavy atom. The van der Waals surface area contributed by atoms with Crippen LogP contribution in [0, 0.1) is 12.7 Å². The zero-order valence-corrected chi connectivity index (χ0v) is 15.6. The number of aromatic nitrogens is 1. The molecule has 0 aliphatic heterocycles. The Hall–Kier alpha value is -2.99. The second-order valence-electron chi connectivity index (χ2n) is 6.54. The molecule has 6 heteroatoms. The molecule has 140 valence electrons. The molecule has 0 bridgehead atoms. The van der Waals surface area contributed by atoms with E-state index in [1.54, 1.807) is 19.2 Å². The topological polar surface area (TPSA) is 58.4 Å². The van der Waals surface area contributed by atoms with Gasteiger partial charge in [0.15, 0.2) is 5.76 Å². The van der Waals surface area contributed by atoms with Crippen molar-refractivity contribution in [1.82, 2.24) is 15.4 Å². The summed E-state index contributed by atoms with van der Waals surface area (Å²) in [5, 5.41) is 6.79. The SMILES string of the molecule is CNC(=O)c1ccc(CN(C)Cc2noc(-c3ccc(F)cc3)c2C)cc1. The zero-order chi connectivity index (χ0) is 19.4. The van der Waals surface area contributed by atoms with Crippen LogP contribution < -0.4 is 5.32 Å². The number of halogens is 1. The van der Waals surface area contributed by atoms with Gasteiger partial charge in [0, 0.05) is 36.8 Å². The third-order valence-electron chi connectivity index (χ3n) is 4.44. The molecule has 1 amide bonds. The fraction of sp³-hybridized carbons (Fsp3) is 0.238. The van der Waals surface area contributed by atoms with Gasteiger partial charge in [-0.1, -0.05) is 17.3 Å². The van der Waals surface area contributed by atoms with E-state index in [2.05, 4.69) is 15.4 Å². The second kappa shape index (κ2) is 8.14. The van der Waals surface area contributed by atoms with Gasteiger partial charge in [0.1, 0.15) is 11.5 Å². The monoisotopic (exact) mass is 367 g/mol. The predicted octanol–water partition coefficient (Wildman–Crippen LogP) is 3.78. The van der Waals surface area contributed by atoms with E-state index < -0.39 is 0 Å². The summed E-state index contributed by atoms with van der Waals surface area (Å²) in [5.41, 5.74) is 4.34. The average Bonchev–Trinajstić information content (AvgIpc) is 3.02. The number of benzene rings is 2. The number of nitrogens with zero attached hydrogens (tertiary/aromatic N) is 2. The van der Waals surface area contributed by atoms with Crippen LogP contribution in [-0.4, -0.2) is 30.1 Å². The molecule has 1 aromatic heterocycles. The lowest BCUT2D eigenvalue weighted by Crippen LogP contribution is -2.19. The van der Waals surface area contributed by atoms with Gasteiger partial charge in [0.05, 0.1) is 0 Å². The largest absolute Gasteiger partial charge is 0.356 e. The van der Waals surface area contributed by atoms with Gasteiger partial charge in [0.25, 0.3) is 5.91 Å². The fourth-order valence-electron chi connectivity index (χ4n) is 2.92. The molecule has 5 nitrogen and oxygen atoms in total. The number of amides is 1. The average molecular weight is 367 g/mol. The van der Waals surface area contributed by atoms with Crippen molar-refractivity contribution >= 4 is 5.91 Å². The Bertz CT molecular complexity index is 918. The van der Waals surface area contributed by atoms with Crippen LogP contribution in [0.15, 0.2) is 53.1 Å². The molecule has 0 aliphatic carbocycles. The third kappa shape index (κ3) is 4.41. The number of nitrogens with one attached hydrogen (secondary N) is 1. The molecule has 0 unspecified atom stereocenters.